The van der Waals surface area contributed by atoms with E-state index in [1.54, 1.807) is 0 Å². The van der Waals surface area contributed by atoms with Gasteiger partial charge in [-0.05, 0) is 250 Å². The summed E-state index contributed by atoms with van der Waals surface area (Å²) in [5, 5.41) is 12.9. The number of hydrogen-bond acceptors (Lipinski definition) is 3. The van der Waals surface area contributed by atoms with Crippen LogP contribution in [-0.2, 0) is 32.5 Å². The molecule has 21 aromatic carbocycles. The van der Waals surface area contributed by atoms with Gasteiger partial charge in [0.15, 0.2) is 0 Å². The fraction of sp³-hybridized carbons (Fsp3) is 0.129. The van der Waals surface area contributed by atoms with Crippen molar-refractivity contribution in [2.75, 3.05) is 14.7 Å². The van der Waals surface area contributed by atoms with E-state index in [0.717, 1.165) is 0 Å². The third-order valence-corrected chi connectivity index (χ3v) is 34.1. The average molecular weight is 1880 g/mol. The van der Waals surface area contributed by atoms with Crippen LogP contribution in [0.25, 0.3) is 149 Å². The van der Waals surface area contributed by atoms with E-state index < -0.39 is 0 Å². The predicted molar refractivity (Wildman–Crippen MR) is 616 cm³/mol. The Morgan fingerprint density at radius 1 is 0.158 bits per heavy atom. The third-order valence-electron chi connectivity index (χ3n) is 34.1. The number of nitrogens with zero attached hydrogens (tertiary/aromatic N) is 6. The maximum absolute atomic E-state index is 2.62. The molecule has 700 valence electrons. The highest BCUT2D eigenvalue weighted by Crippen LogP contribution is 2.68. The zero-order valence-corrected chi connectivity index (χ0v) is 84.4. The van der Waals surface area contributed by atoms with Crippen LogP contribution in [0, 0.1) is 0 Å². The molecule has 6 aliphatic rings. The Morgan fingerprint density at radius 2 is 0.404 bits per heavy atom. The van der Waals surface area contributed by atoms with Crippen molar-refractivity contribution in [1.82, 2.24) is 13.7 Å². The molecule has 0 unspecified atom stereocenters. The van der Waals surface area contributed by atoms with E-state index in [1.165, 1.54) is 266 Å². The first-order chi connectivity index (χ1) is 71.0. The second kappa shape index (κ2) is 31.7. The Hall–Kier alpha value is -17.1. The van der Waals surface area contributed by atoms with Gasteiger partial charge in [0.25, 0.3) is 0 Å². The normalized spacial score (nSPS) is 15.3. The predicted octanol–water partition coefficient (Wildman–Crippen LogP) is 37.6. The van der Waals surface area contributed by atoms with Crippen LogP contribution in [0.2, 0.25) is 0 Å². The summed E-state index contributed by atoms with van der Waals surface area (Å²) < 4.78 is 7.56. The van der Waals surface area contributed by atoms with Gasteiger partial charge in [-0.25, -0.2) is 0 Å². The van der Waals surface area contributed by atoms with Crippen LogP contribution < -0.4 is 14.7 Å². The topological polar surface area (TPSA) is 24.5 Å². The lowest BCUT2D eigenvalue weighted by molar-refractivity contribution is 0.600. The second-order valence-electron chi connectivity index (χ2n) is 44.2. The molecule has 6 heteroatoms. The fourth-order valence-corrected chi connectivity index (χ4v) is 27.0. The molecular formula is C140H110N6. The molecule has 6 nitrogen and oxygen atoms in total. The van der Waals surface area contributed by atoms with Crippen molar-refractivity contribution in [3.8, 4) is 61.6 Å². The molecule has 0 spiro atoms. The number of aromatic nitrogens is 3. The summed E-state index contributed by atoms with van der Waals surface area (Å²) in [6, 6.07) is 166. The van der Waals surface area contributed by atoms with Gasteiger partial charge in [-0.15, -0.1) is 0 Å². The maximum Gasteiger partial charge on any atom is 0.0603 e. The van der Waals surface area contributed by atoms with Crippen molar-refractivity contribution in [3.05, 3.63) is 516 Å². The van der Waals surface area contributed by atoms with Gasteiger partial charge in [0.2, 0.25) is 0 Å². The number of benzene rings is 21. The summed E-state index contributed by atoms with van der Waals surface area (Å²) in [6.07, 6.45) is 0. The largest absolute Gasteiger partial charge is 0.309 e. The molecule has 0 saturated heterocycles. The highest BCUT2D eigenvalue weighted by atomic mass is 15.2. The Bertz CT molecular complexity index is 9570. The van der Waals surface area contributed by atoms with Gasteiger partial charge in [0.1, 0.15) is 0 Å². The lowest BCUT2D eigenvalue weighted by Crippen LogP contribution is -2.38. The minimum atomic E-state index is -0.354. The van der Waals surface area contributed by atoms with E-state index in [1.807, 2.05) is 0 Å². The number of para-hydroxylation sites is 8. The van der Waals surface area contributed by atoms with E-state index in [2.05, 4.69) is 560 Å². The molecule has 3 aromatic heterocycles. The molecule has 9 heterocycles. The summed E-state index contributed by atoms with van der Waals surface area (Å²) in [4.78, 5) is 7.78. The van der Waals surface area contributed by atoms with Crippen molar-refractivity contribution in [1.29, 1.82) is 0 Å². The lowest BCUT2D eigenvalue weighted by Gasteiger charge is -2.50. The van der Waals surface area contributed by atoms with Gasteiger partial charge in [-0.2, -0.15) is 0 Å². The second-order valence-corrected chi connectivity index (χ2v) is 44.2. The van der Waals surface area contributed by atoms with Gasteiger partial charge < -0.3 is 28.4 Å². The van der Waals surface area contributed by atoms with Gasteiger partial charge in [0.05, 0.1) is 84.3 Å². The maximum atomic E-state index is 2.62. The van der Waals surface area contributed by atoms with E-state index in [-0.39, 0.29) is 32.5 Å². The minimum Gasteiger partial charge on any atom is -0.309 e. The molecule has 0 aliphatic carbocycles. The van der Waals surface area contributed by atoms with Crippen LogP contribution in [0.5, 0.6) is 0 Å². The Balaban J connectivity index is 0.000000108. The number of anilines is 9. The van der Waals surface area contributed by atoms with Crippen LogP contribution in [-0.4, -0.2) is 13.7 Å². The molecule has 0 saturated carbocycles. The van der Waals surface area contributed by atoms with Crippen molar-refractivity contribution in [2.45, 2.75) is 116 Å². The standard InChI is InChI=1S/C56H42N2.C48H38N2.C36H30N2/c1-55(2)46-32-37(42-25-14-18-35-16-8-10-22-40(35)42)28-30-50(46)58-51-31-29-38(43-26-15-19-36-17-9-11-23-41(36)43)33-47(51)56(3,4)52-53-45(34-48(55)54(52)58)44-24-12-13-27-49(44)57(53)39-20-6-5-7-21-39;1-47(2)38-28-33(31-16-8-5-9-17-31)24-26-42(38)50-43-27-25-34(32-18-10-6-11-19-32)29-39(43)48(3,4)44-45-37(30-40(47)46(44)50)36-22-14-15-23-41(36)49(45)35-20-12-7-13-21-35;1-35(2)26-17-9-12-20-30(26)38-31-21-13-10-18-27(31)36(3,4)32-33-25(22-28(35)34(32)38)24-16-8-11-19-29(24)37(33)23-14-6-5-7-15-23/h5-34H,1-4H3;5-30H,1-4H3;5-22H,1-4H3. The van der Waals surface area contributed by atoms with E-state index >= 15 is 0 Å². The van der Waals surface area contributed by atoms with Gasteiger partial charge in [-0.3, -0.25) is 0 Å². The van der Waals surface area contributed by atoms with Gasteiger partial charge in [-0.1, -0.05) is 399 Å². The molecule has 0 fully saturated rings. The van der Waals surface area contributed by atoms with Gasteiger partial charge in [0, 0.05) is 98.6 Å². The molecule has 24 aromatic rings. The molecule has 0 N–H and O–H groups in total. The summed E-state index contributed by atoms with van der Waals surface area (Å²) in [5.41, 5.74) is 47.6. The van der Waals surface area contributed by atoms with Crippen LogP contribution in [0.15, 0.2) is 449 Å². The SMILES string of the molecule is CC1(C)c2cc(-c3cccc4ccccc34)ccc2N2c3ccc(-c4cccc5ccccc45)cc3C(C)(C)c3c2c1cc1c2ccccc2n(-c2ccccc2)c31.CC1(C)c2cc(-c3ccccc3)ccc2N2c3ccc(-c4ccccc4)cc3C(C)(C)c3c2c1cc1c2ccccc2n(-c2ccccc2)c31.CC1(C)c2ccccc2N2c3ccccc3C(C)(C)c3c2c1cc1c2ccccc2n(-c2ccccc2)c31. The average Bonchev–Trinajstić information content (AvgIpc) is 1.31. The van der Waals surface area contributed by atoms with Crippen molar-refractivity contribution < 1.29 is 0 Å². The number of hydrogen-bond donors (Lipinski definition) is 0. The summed E-state index contributed by atoms with van der Waals surface area (Å²) >= 11 is 0. The molecule has 0 radical (unpaired) electrons. The zero-order valence-electron chi connectivity index (χ0n) is 84.4. The molecule has 0 bridgehead atoms. The van der Waals surface area contributed by atoms with Crippen molar-refractivity contribution in [3.63, 3.8) is 0 Å². The van der Waals surface area contributed by atoms with Crippen molar-refractivity contribution >= 4 is 138 Å². The van der Waals surface area contributed by atoms with Crippen molar-refractivity contribution in [2.24, 2.45) is 0 Å². The molecule has 30 rings (SSSR count). The Labute approximate surface area is 853 Å². The Kier molecular flexibility index (Phi) is 18.9. The molecule has 6 aliphatic heterocycles. The highest BCUT2D eigenvalue weighted by molar-refractivity contribution is 6.19. The smallest absolute Gasteiger partial charge is 0.0603 e. The Morgan fingerprint density at radius 3 is 0.753 bits per heavy atom. The van der Waals surface area contributed by atoms with Crippen LogP contribution in [0.4, 0.5) is 51.2 Å². The third kappa shape index (κ3) is 12.3. The van der Waals surface area contributed by atoms with Crippen LogP contribution >= 0.6 is 0 Å². The molecular weight excluding hydrogens is 1770 g/mol. The quantitative estimate of drug-likeness (QED) is 0.159. The molecule has 146 heavy (non-hydrogen) atoms. The first kappa shape index (κ1) is 86.8. The summed E-state index contributed by atoms with van der Waals surface area (Å²) in [7, 11) is 0. The summed E-state index contributed by atoms with van der Waals surface area (Å²) in [6.45, 7) is 29.2. The van der Waals surface area contributed by atoms with Crippen LogP contribution in [0.1, 0.15) is 150 Å². The van der Waals surface area contributed by atoms with E-state index in [4.69, 9.17) is 0 Å². The molecule has 0 atom stereocenters. The number of rotatable bonds is 7. The fourth-order valence-electron chi connectivity index (χ4n) is 27.0. The highest BCUT2D eigenvalue weighted by Gasteiger charge is 2.53. The number of fused-ring (bicyclic) bond motifs is 26. The van der Waals surface area contributed by atoms with E-state index in [0.29, 0.717) is 0 Å². The first-order valence-corrected chi connectivity index (χ1v) is 51.8. The monoisotopic (exact) mass is 1870 g/mol. The van der Waals surface area contributed by atoms with E-state index in [9.17, 15) is 0 Å². The zero-order chi connectivity index (χ0) is 98.5. The minimum absolute atomic E-state index is 0.135. The lowest BCUT2D eigenvalue weighted by atomic mass is 9.65. The first-order valence-electron chi connectivity index (χ1n) is 51.8. The molecule has 0 amide bonds. The summed E-state index contributed by atoms with van der Waals surface area (Å²) in [5.74, 6) is 0. The van der Waals surface area contributed by atoms with Gasteiger partial charge >= 0.3 is 0 Å². The van der Waals surface area contributed by atoms with Crippen LogP contribution in [0.3, 0.4) is 0 Å².